The molecule has 122 valence electrons. The SMILES string of the molecule is CO[C@@H]1C[C@@H](CO)N(C(=O)c2ccc(-n3cc(C)cn3)cc2)C1. The maximum atomic E-state index is 12.7. The van der Waals surface area contributed by atoms with Crippen LogP contribution in [-0.2, 0) is 4.74 Å². The zero-order valence-corrected chi connectivity index (χ0v) is 13.3. The van der Waals surface area contributed by atoms with E-state index < -0.39 is 0 Å². The van der Waals surface area contributed by atoms with Gasteiger partial charge in [0.1, 0.15) is 0 Å². The predicted octanol–water partition coefficient (Wildman–Crippen LogP) is 1.40. The van der Waals surface area contributed by atoms with Crippen LogP contribution < -0.4 is 0 Å². The minimum atomic E-state index is -0.180. The van der Waals surface area contributed by atoms with Gasteiger partial charge in [0.25, 0.3) is 5.91 Å². The van der Waals surface area contributed by atoms with E-state index in [4.69, 9.17) is 4.74 Å². The average molecular weight is 315 g/mol. The number of methoxy groups -OCH3 is 1. The summed E-state index contributed by atoms with van der Waals surface area (Å²) >= 11 is 0. The summed E-state index contributed by atoms with van der Waals surface area (Å²) in [6, 6.07) is 7.16. The lowest BCUT2D eigenvalue weighted by molar-refractivity contribution is 0.0648. The maximum Gasteiger partial charge on any atom is 0.254 e. The molecule has 1 aromatic carbocycles. The van der Waals surface area contributed by atoms with E-state index in [-0.39, 0.29) is 24.7 Å². The predicted molar refractivity (Wildman–Crippen MR) is 85.6 cm³/mol. The van der Waals surface area contributed by atoms with Crippen molar-refractivity contribution in [2.75, 3.05) is 20.3 Å². The van der Waals surface area contributed by atoms with Gasteiger partial charge in [0.15, 0.2) is 0 Å². The zero-order chi connectivity index (χ0) is 16.4. The first-order valence-corrected chi connectivity index (χ1v) is 7.68. The molecule has 1 amide bonds. The first kappa shape index (κ1) is 15.7. The summed E-state index contributed by atoms with van der Waals surface area (Å²) in [6.45, 7) is 2.45. The number of aliphatic hydroxyl groups is 1. The second-order valence-electron chi connectivity index (χ2n) is 5.90. The lowest BCUT2D eigenvalue weighted by Gasteiger charge is -2.22. The molecule has 0 bridgehead atoms. The zero-order valence-electron chi connectivity index (χ0n) is 13.3. The molecule has 0 saturated carbocycles. The van der Waals surface area contributed by atoms with Crippen LogP contribution in [0, 0.1) is 6.92 Å². The smallest absolute Gasteiger partial charge is 0.254 e. The summed E-state index contributed by atoms with van der Waals surface area (Å²) in [5.74, 6) is -0.0770. The fraction of sp³-hybridized carbons (Fsp3) is 0.412. The highest BCUT2D eigenvalue weighted by Gasteiger charge is 2.35. The first-order chi connectivity index (χ1) is 11.1. The number of aromatic nitrogens is 2. The van der Waals surface area contributed by atoms with Crippen molar-refractivity contribution in [2.45, 2.75) is 25.5 Å². The van der Waals surface area contributed by atoms with E-state index in [0.29, 0.717) is 18.5 Å². The van der Waals surface area contributed by atoms with Gasteiger partial charge in [0.05, 0.1) is 30.6 Å². The number of aryl methyl sites for hydroxylation is 1. The molecule has 2 aromatic rings. The number of aliphatic hydroxyl groups excluding tert-OH is 1. The fourth-order valence-electron chi connectivity index (χ4n) is 2.94. The second-order valence-corrected chi connectivity index (χ2v) is 5.90. The molecule has 0 spiro atoms. The second kappa shape index (κ2) is 6.52. The number of hydrogen-bond acceptors (Lipinski definition) is 4. The molecule has 1 aliphatic heterocycles. The van der Waals surface area contributed by atoms with E-state index in [2.05, 4.69) is 5.10 Å². The number of carbonyl (C=O) groups is 1. The van der Waals surface area contributed by atoms with E-state index in [1.54, 1.807) is 35.0 Å². The number of carbonyl (C=O) groups excluding carboxylic acids is 1. The lowest BCUT2D eigenvalue weighted by atomic mass is 10.1. The molecule has 1 saturated heterocycles. The van der Waals surface area contributed by atoms with Gasteiger partial charge in [-0.05, 0) is 43.2 Å². The maximum absolute atomic E-state index is 12.7. The molecule has 1 aromatic heterocycles. The molecule has 0 unspecified atom stereocenters. The van der Waals surface area contributed by atoms with Crippen LogP contribution in [0.4, 0.5) is 0 Å². The van der Waals surface area contributed by atoms with Gasteiger partial charge in [0.2, 0.25) is 0 Å². The Kier molecular flexibility index (Phi) is 4.45. The van der Waals surface area contributed by atoms with Crippen LogP contribution in [-0.4, -0.2) is 58.1 Å². The molecule has 2 heterocycles. The minimum absolute atomic E-state index is 0.0116. The highest BCUT2D eigenvalue weighted by atomic mass is 16.5. The number of likely N-dealkylation sites (tertiary alicyclic amines) is 1. The highest BCUT2D eigenvalue weighted by Crippen LogP contribution is 2.22. The third kappa shape index (κ3) is 3.13. The Morgan fingerprint density at radius 3 is 2.70 bits per heavy atom. The van der Waals surface area contributed by atoms with Crippen molar-refractivity contribution in [3.8, 4) is 5.69 Å². The number of benzene rings is 1. The normalized spacial score (nSPS) is 20.9. The van der Waals surface area contributed by atoms with Crippen molar-refractivity contribution in [1.29, 1.82) is 0 Å². The Morgan fingerprint density at radius 1 is 1.39 bits per heavy atom. The summed E-state index contributed by atoms with van der Waals surface area (Å²) in [4.78, 5) is 14.4. The average Bonchev–Trinajstić information content (AvgIpc) is 3.20. The van der Waals surface area contributed by atoms with Crippen molar-refractivity contribution >= 4 is 5.91 Å². The van der Waals surface area contributed by atoms with Gasteiger partial charge in [-0.2, -0.15) is 5.10 Å². The molecule has 0 radical (unpaired) electrons. The van der Waals surface area contributed by atoms with Gasteiger partial charge in [-0.3, -0.25) is 4.79 Å². The number of hydrogen-bond donors (Lipinski definition) is 1. The Balaban J connectivity index is 1.77. The van der Waals surface area contributed by atoms with Crippen molar-refractivity contribution in [1.82, 2.24) is 14.7 Å². The molecule has 1 N–H and O–H groups in total. The van der Waals surface area contributed by atoms with E-state index in [0.717, 1.165) is 11.3 Å². The quantitative estimate of drug-likeness (QED) is 0.926. The Labute approximate surface area is 135 Å². The van der Waals surface area contributed by atoms with Crippen LogP contribution in [0.25, 0.3) is 5.69 Å². The molecule has 1 aliphatic rings. The van der Waals surface area contributed by atoms with Crippen molar-refractivity contribution < 1.29 is 14.6 Å². The van der Waals surface area contributed by atoms with Gasteiger partial charge in [-0.15, -0.1) is 0 Å². The lowest BCUT2D eigenvalue weighted by Crippen LogP contribution is -2.38. The van der Waals surface area contributed by atoms with Gasteiger partial charge in [-0.25, -0.2) is 4.68 Å². The van der Waals surface area contributed by atoms with Crippen LogP contribution in [0.3, 0.4) is 0 Å². The Hall–Kier alpha value is -2.18. The van der Waals surface area contributed by atoms with E-state index in [1.165, 1.54) is 0 Å². The van der Waals surface area contributed by atoms with Gasteiger partial charge in [0, 0.05) is 25.4 Å². The van der Waals surface area contributed by atoms with Crippen molar-refractivity contribution in [3.05, 3.63) is 47.8 Å². The van der Waals surface area contributed by atoms with Crippen LogP contribution >= 0.6 is 0 Å². The molecular formula is C17H21N3O3. The summed E-state index contributed by atoms with van der Waals surface area (Å²) < 4.78 is 7.10. The van der Waals surface area contributed by atoms with E-state index in [1.807, 2.05) is 25.3 Å². The molecule has 3 rings (SSSR count). The molecule has 23 heavy (non-hydrogen) atoms. The number of ether oxygens (including phenoxy) is 1. The Bertz CT molecular complexity index is 681. The van der Waals surface area contributed by atoms with Crippen LogP contribution in [0.15, 0.2) is 36.7 Å². The third-order valence-electron chi connectivity index (χ3n) is 4.27. The number of rotatable bonds is 4. The summed E-state index contributed by atoms with van der Waals surface area (Å²) in [6.07, 6.45) is 4.38. The molecule has 2 atom stereocenters. The standard InChI is InChI=1S/C17H21N3O3/c1-12-8-18-20(9-12)14-5-3-13(4-6-14)17(22)19-10-16(23-2)7-15(19)11-21/h3-6,8-9,15-16,21H,7,10-11H2,1-2H3/t15-,16+/m0/s1. The third-order valence-corrected chi connectivity index (χ3v) is 4.27. The highest BCUT2D eigenvalue weighted by molar-refractivity contribution is 5.94. The number of nitrogens with zero attached hydrogens (tertiary/aromatic N) is 3. The van der Waals surface area contributed by atoms with Crippen LogP contribution in [0.5, 0.6) is 0 Å². The first-order valence-electron chi connectivity index (χ1n) is 7.68. The van der Waals surface area contributed by atoms with Gasteiger partial charge >= 0.3 is 0 Å². The summed E-state index contributed by atoms with van der Waals surface area (Å²) in [7, 11) is 1.63. The van der Waals surface area contributed by atoms with Crippen molar-refractivity contribution in [3.63, 3.8) is 0 Å². The monoisotopic (exact) mass is 315 g/mol. The summed E-state index contributed by atoms with van der Waals surface area (Å²) in [5.41, 5.74) is 2.59. The fourth-order valence-corrected chi connectivity index (χ4v) is 2.94. The van der Waals surface area contributed by atoms with Gasteiger partial charge in [-0.1, -0.05) is 0 Å². The summed E-state index contributed by atoms with van der Waals surface area (Å²) in [5, 5.41) is 13.7. The number of amides is 1. The molecule has 0 aliphatic carbocycles. The van der Waals surface area contributed by atoms with E-state index in [9.17, 15) is 9.90 Å². The van der Waals surface area contributed by atoms with Crippen LogP contribution in [0.1, 0.15) is 22.3 Å². The molecule has 1 fully saturated rings. The minimum Gasteiger partial charge on any atom is -0.394 e. The topological polar surface area (TPSA) is 67.6 Å². The van der Waals surface area contributed by atoms with E-state index >= 15 is 0 Å². The van der Waals surface area contributed by atoms with Crippen molar-refractivity contribution in [2.24, 2.45) is 0 Å². The molecule has 6 nitrogen and oxygen atoms in total. The van der Waals surface area contributed by atoms with Crippen LogP contribution in [0.2, 0.25) is 0 Å². The molecule has 6 heteroatoms. The Morgan fingerprint density at radius 2 is 2.13 bits per heavy atom. The largest absolute Gasteiger partial charge is 0.394 e. The van der Waals surface area contributed by atoms with Gasteiger partial charge < -0.3 is 14.7 Å². The molecular weight excluding hydrogens is 294 g/mol.